The predicted octanol–water partition coefficient (Wildman–Crippen LogP) is 3.58. The van der Waals surface area contributed by atoms with E-state index in [4.69, 9.17) is 26.4 Å². The zero-order valence-corrected chi connectivity index (χ0v) is 14.6. The quantitative estimate of drug-likeness (QED) is 0.468. The summed E-state index contributed by atoms with van der Waals surface area (Å²) in [6, 6.07) is -0.313. The molecule has 2 rings (SSSR count). The van der Waals surface area contributed by atoms with Gasteiger partial charge < -0.3 is 19.2 Å². The number of aromatic amines is 1. The molecule has 0 aliphatic carbocycles. The van der Waals surface area contributed by atoms with Crippen LogP contribution in [0.2, 0.25) is 0 Å². The number of nitrogens with zero attached hydrogens (tertiary/aromatic N) is 1. The number of ether oxygens (including phenoxy) is 3. The van der Waals surface area contributed by atoms with Crippen LogP contribution in [0.4, 0.5) is 9.59 Å². The van der Waals surface area contributed by atoms with E-state index < -0.39 is 18.4 Å². The summed E-state index contributed by atoms with van der Waals surface area (Å²) < 4.78 is 15.8. The van der Waals surface area contributed by atoms with Gasteiger partial charge in [-0.05, 0) is 12.2 Å². The van der Waals surface area contributed by atoms with E-state index in [9.17, 15) is 9.59 Å². The van der Waals surface area contributed by atoms with Gasteiger partial charge in [-0.2, -0.15) is 0 Å². The molecule has 7 nitrogen and oxygen atoms in total. The summed E-state index contributed by atoms with van der Waals surface area (Å²) in [5.74, 6) is 0. The number of nitrogens with one attached hydrogen (secondary N) is 1. The Balaban J connectivity index is 2.08. The highest BCUT2D eigenvalue weighted by Gasteiger charge is 2.40. The van der Waals surface area contributed by atoms with E-state index in [2.05, 4.69) is 18.1 Å². The molecule has 0 unspecified atom stereocenters. The molecule has 24 heavy (non-hydrogen) atoms. The SMILES string of the molecule is C=CCOC(=O)O[C@H]1C[C@@H](c2csc(=S)[nH]2)N(C(=O)OCC=C)C1. The average molecular weight is 370 g/mol. The molecule has 1 amide bonds. The summed E-state index contributed by atoms with van der Waals surface area (Å²) >= 11 is 6.46. The van der Waals surface area contributed by atoms with Crippen LogP contribution in [0.3, 0.4) is 0 Å². The van der Waals surface area contributed by atoms with Gasteiger partial charge in [0.05, 0.1) is 12.6 Å². The number of amides is 1. The van der Waals surface area contributed by atoms with E-state index in [0.29, 0.717) is 10.4 Å². The number of likely N-dealkylation sites (tertiary alicyclic amines) is 1. The van der Waals surface area contributed by atoms with Crippen LogP contribution in [0.5, 0.6) is 0 Å². The fraction of sp³-hybridized carbons (Fsp3) is 0.400. The minimum Gasteiger partial charge on any atom is -0.445 e. The van der Waals surface area contributed by atoms with Crippen molar-refractivity contribution < 1.29 is 23.8 Å². The van der Waals surface area contributed by atoms with Crippen molar-refractivity contribution in [3.63, 3.8) is 0 Å². The highest BCUT2D eigenvalue weighted by molar-refractivity contribution is 7.73. The molecule has 0 aromatic carbocycles. The Morgan fingerprint density at radius 2 is 2.08 bits per heavy atom. The van der Waals surface area contributed by atoms with Gasteiger partial charge in [0.2, 0.25) is 0 Å². The molecule has 1 fully saturated rings. The highest BCUT2D eigenvalue weighted by atomic mass is 32.1. The standard InChI is InChI=1S/C15H18N2O5S2/c1-3-5-20-14(18)17-8-10(22-15(19)21-6-4-2)7-12(17)11-9-24-13(23)16-11/h3-4,9-10,12H,1-2,5-8H2,(H,16,23)/t10-,12-/m0/s1. The lowest BCUT2D eigenvalue weighted by Gasteiger charge is -2.22. The molecule has 0 saturated carbocycles. The molecule has 1 aliphatic rings. The van der Waals surface area contributed by atoms with Gasteiger partial charge in [0, 0.05) is 17.5 Å². The lowest BCUT2D eigenvalue weighted by molar-refractivity contribution is 0.0318. The van der Waals surface area contributed by atoms with Crippen molar-refractivity contribution in [2.24, 2.45) is 0 Å². The molecular formula is C15H18N2O5S2. The number of H-pyrrole nitrogens is 1. The summed E-state index contributed by atoms with van der Waals surface area (Å²) in [4.78, 5) is 28.4. The van der Waals surface area contributed by atoms with Crippen molar-refractivity contribution in [2.45, 2.75) is 18.6 Å². The molecule has 0 spiro atoms. The molecule has 1 N–H and O–H groups in total. The minimum absolute atomic E-state index is 0.0672. The Morgan fingerprint density at radius 1 is 1.38 bits per heavy atom. The molecule has 2 heterocycles. The molecule has 9 heteroatoms. The van der Waals surface area contributed by atoms with E-state index in [1.807, 2.05) is 5.38 Å². The van der Waals surface area contributed by atoms with Gasteiger partial charge in [-0.1, -0.05) is 25.3 Å². The number of thiazole rings is 1. The van der Waals surface area contributed by atoms with E-state index in [0.717, 1.165) is 5.69 Å². The van der Waals surface area contributed by atoms with E-state index in [1.165, 1.54) is 28.4 Å². The van der Waals surface area contributed by atoms with Crippen LogP contribution >= 0.6 is 23.6 Å². The molecule has 1 aliphatic heterocycles. The number of carbonyl (C=O) groups excluding carboxylic acids is 2. The lowest BCUT2D eigenvalue weighted by atomic mass is 10.1. The number of hydrogen-bond donors (Lipinski definition) is 1. The maximum absolute atomic E-state index is 12.2. The Labute approximate surface area is 148 Å². The van der Waals surface area contributed by atoms with Gasteiger partial charge >= 0.3 is 12.2 Å². The number of aromatic nitrogens is 1. The molecule has 2 atom stereocenters. The van der Waals surface area contributed by atoms with Crippen LogP contribution in [-0.2, 0) is 14.2 Å². The van der Waals surface area contributed by atoms with Crippen molar-refractivity contribution in [1.82, 2.24) is 9.88 Å². The monoisotopic (exact) mass is 370 g/mol. The first-order valence-corrected chi connectivity index (χ1v) is 8.50. The predicted molar refractivity (Wildman–Crippen MR) is 91.5 cm³/mol. The van der Waals surface area contributed by atoms with Gasteiger partial charge in [-0.25, -0.2) is 9.59 Å². The summed E-state index contributed by atoms with van der Waals surface area (Å²) in [6.07, 6.45) is 1.57. The number of carbonyl (C=O) groups is 2. The van der Waals surface area contributed by atoms with Crippen LogP contribution in [-0.4, -0.2) is 48.0 Å². The molecular weight excluding hydrogens is 352 g/mol. The van der Waals surface area contributed by atoms with Crippen molar-refractivity contribution in [2.75, 3.05) is 19.8 Å². The third-order valence-corrected chi connectivity index (χ3v) is 4.38. The van der Waals surface area contributed by atoms with Gasteiger partial charge in [-0.3, -0.25) is 4.90 Å². The highest BCUT2D eigenvalue weighted by Crippen LogP contribution is 2.34. The second-order valence-corrected chi connectivity index (χ2v) is 6.51. The molecule has 1 aromatic heterocycles. The Bertz CT molecular complexity index is 669. The second-order valence-electron chi connectivity index (χ2n) is 4.96. The normalized spacial score (nSPS) is 19.6. The van der Waals surface area contributed by atoms with E-state index in [-0.39, 0.29) is 25.8 Å². The Morgan fingerprint density at radius 3 is 2.71 bits per heavy atom. The zero-order valence-electron chi connectivity index (χ0n) is 12.9. The van der Waals surface area contributed by atoms with E-state index >= 15 is 0 Å². The van der Waals surface area contributed by atoms with E-state index in [1.54, 1.807) is 0 Å². The van der Waals surface area contributed by atoms with Crippen molar-refractivity contribution in [3.8, 4) is 0 Å². The van der Waals surface area contributed by atoms with Crippen LogP contribution in [0, 0.1) is 3.95 Å². The molecule has 130 valence electrons. The second kappa shape index (κ2) is 8.65. The van der Waals surface area contributed by atoms with Gasteiger partial charge in [0.1, 0.15) is 19.3 Å². The van der Waals surface area contributed by atoms with Crippen molar-refractivity contribution in [3.05, 3.63) is 40.3 Å². The van der Waals surface area contributed by atoms with Gasteiger partial charge in [0.25, 0.3) is 0 Å². The molecule has 0 bridgehead atoms. The van der Waals surface area contributed by atoms with Crippen molar-refractivity contribution in [1.29, 1.82) is 0 Å². The van der Waals surface area contributed by atoms with Crippen LogP contribution < -0.4 is 0 Å². The largest absolute Gasteiger partial charge is 0.508 e. The zero-order chi connectivity index (χ0) is 17.5. The Hall–Kier alpha value is -2.13. The molecule has 1 saturated heterocycles. The van der Waals surface area contributed by atoms with Gasteiger partial charge in [0.15, 0.2) is 3.95 Å². The average Bonchev–Trinajstić information content (AvgIpc) is 3.16. The third-order valence-electron chi connectivity index (χ3n) is 3.30. The molecule has 1 aromatic rings. The fourth-order valence-corrected chi connectivity index (χ4v) is 3.23. The first-order chi connectivity index (χ1) is 11.5. The minimum atomic E-state index is -0.793. The molecule has 0 radical (unpaired) electrons. The summed E-state index contributed by atoms with van der Waals surface area (Å²) in [7, 11) is 0. The maximum Gasteiger partial charge on any atom is 0.508 e. The summed E-state index contributed by atoms with van der Waals surface area (Å²) in [5.41, 5.74) is 0.783. The fourth-order valence-electron chi connectivity index (χ4n) is 2.35. The van der Waals surface area contributed by atoms with Crippen LogP contribution in [0.25, 0.3) is 0 Å². The number of rotatable bonds is 6. The summed E-state index contributed by atoms with van der Waals surface area (Å²) in [5, 5.41) is 1.85. The lowest BCUT2D eigenvalue weighted by Crippen LogP contribution is -2.33. The van der Waals surface area contributed by atoms with Crippen LogP contribution in [0.15, 0.2) is 30.7 Å². The number of hydrogen-bond acceptors (Lipinski definition) is 7. The van der Waals surface area contributed by atoms with Gasteiger partial charge in [-0.15, -0.1) is 11.3 Å². The summed E-state index contributed by atoms with van der Waals surface area (Å²) in [6.45, 7) is 7.36. The first-order valence-electron chi connectivity index (χ1n) is 7.21. The maximum atomic E-state index is 12.2. The topological polar surface area (TPSA) is 80.9 Å². The third kappa shape index (κ3) is 4.68. The van der Waals surface area contributed by atoms with Crippen LogP contribution in [0.1, 0.15) is 18.2 Å². The van der Waals surface area contributed by atoms with Crippen molar-refractivity contribution >= 4 is 35.8 Å². The first kappa shape index (κ1) is 18.2. The smallest absolute Gasteiger partial charge is 0.445 e. The Kier molecular flexibility index (Phi) is 6.56.